The Hall–Kier alpha value is -4.58. The Bertz CT molecular complexity index is 1640. The van der Waals surface area contributed by atoms with E-state index in [4.69, 9.17) is 13.8 Å². The molecule has 0 fully saturated rings. The molecule has 6 rings (SSSR count). The zero-order chi connectivity index (χ0) is 24.4. The summed E-state index contributed by atoms with van der Waals surface area (Å²) in [4.78, 5) is 0. The van der Waals surface area contributed by atoms with Crippen LogP contribution in [-0.2, 0) is 0 Å². The molecule has 5 heteroatoms. The van der Waals surface area contributed by atoms with Gasteiger partial charge in [-0.3, -0.25) is 0 Å². The van der Waals surface area contributed by atoms with Crippen molar-refractivity contribution in [2.45, 2.75) is 0 Å². The summed E-state index contributed by atoms with van der Waals surface area (Å²) in [5.41, 5.74) is 3.34. The van der Waals surface area contributed by atoms with E-state index in [9.17, 15) is 5.26 Å². The second kappa shape index (κ2) is 9.23. The summed E-state index contributed by atoms with van der Waals surface area (Å²) in [6, 6.07) is 41.4. The topological polar surface area (TPSA) is 54.6 Å². The molecule has 1 aliphatic heterocycles. The van der Waals surface area contributed by atoms with Crippen LogP contribution in [0.5, 0.6) is 11.5 Å². The summed E-state index contributed by atoms with van der Waals surface area (Å²) in [5, 5.41) is 12.3. The van der Waals surface area contributed by atoms with E-state index in [-0.39, 0.29) is 0 Å². The van der Waals surface area contributed by atoms with Gasteiger partial charge in [-0.2, -0.15) is 10.0 Å². The lowest BCUT2D eigenvalue weighted by Gasteiger charge is -2.31. The zero-order valence-electron chi connectivity index (χ0n) is 19.3. The Kier molecular flexibility index (Phi) is 5.62. The van der Waals surface area contributed by atoms with Gasteiger partial charge in [0.05, 0.1) is 22.6 Å². The van der Waals surface area contributed by atoms with Gasteiger partial charge in [0.2, 0.25) is 0 Å². The van der Waals surface area contributed by atoms with Crippen molar-refractivity contribution in [3.05, 3.63) is 138 Å². The molecule has 0 atom stereocenters. The molecule has 0 aromatic heterocycles. The molecule has 0 N–H and O–H groups in total. The van der Waals surface area contributed by atoms with Crippen LogP contribution in [0.25, 0.3) is 22.2 Å². The highest BCUT2D eigenvalue weighted by Gasteiger charge is 2.36. The minimum atomic E-state index is -3.12. The molecular formula is C31H21N2O2P. The van der Waals surface area contributed by atoms with E-state index in [0.717, 1.165) is 32.9 Å². The standard InChI is InChI=1S/C31H21N2O2P/c32-22-23-15-17-25(18-16-23)30-21-26-20-19-24-9-7-8-14-29(24)31(26)33-36(30,34-27-10-3-1-4-11-27)35-28-12-5-2-6-13-28/h1-21H. The second-order valence-electron chi connectivity index (χ2n) is 8.37. The van der Waals surface area contributed by atoms with E-state index in [1.165, 1.54) is 0 Å². The van der Waals surface area contributed by atoms with Crippen molar-refractivity contribution in [1.29, 1.82) is 5.26 Å². The first-order chi connectivity index (χ1) is 17.7. The molecule has 5 aromatic rings. The fourth-order valence-corrected chi connectivity index (χ4v) is 6.79. The average molecular weight is 484 g/mol. The highest BCUT2D eigenvalue weighted by Crippen LogP contribution is 2.67. The summed E-state index contributed by atoms with van der Waals surface area (Å²) in [6.45, 7) is 0. The molecule has 0 saturated carbocycles. The monoisotopic (exact) mass is 484 g/mol. The van der Waals surface area contributed by atoms with Gasteiger partial charge in [0.15, 0.2) is 0 Å². The smallest absolute Gasteiger partial charge is 0.352 e. The summed E-state index contributed by atoms with van der Waals surface area (Å²) >= 11 is 0. The number of nitriles is 1. The van der Waals surface area contributed by atoms with Crippen molar-refractivity contribution in [2.75, 3.05) is 0 Å². The van der Waals surface area contributed by atoms with Crippen LogP contribution < -0.4 is 9.05 Å². The molecule has 0 unspecified atom stereocenters. The SMILES string of the molecule is N#Cc1ccc(C2=Cc3ccc4ccccc4c3N=P2(Oc2ccccc2)Oc2ccccc2)cc1. The van der Waals surface area contributed by atoms with Gasteiger partial charge < -0.3 is 9.05 Å². The maximum Gasteiger partial charge on any atom is 0.352 e. The van der Waals surface area contributed by atoms with E-state index in [1.54, 1.807) is 0 Å². The highest BCUT2D eigenvalue weighted by atomic mass is 31.2. The molecular weight excluding hydrogens is 463 g/mol. The third-order valence-electron chi connectivity index (χ3n) is 6.01. The molecule has 36 heavy (non-hydrogen) atoms. The number of benzene rings is 5. The van der Waals surface area contributed by atoms with Gasteiger partial charge in [-0.1, -0.05) is 84.9 Å². The normalized spacial score (nSPS) is 13.6. The highest BCUT2D eigenvalue weighted by molar-refractivity contribution is 7.68. The molecule has 1 aliphatic rings. The molecule has 0 radical (unpaired) electrons. The number of rotatable bonds is 5. The lowest BCUT2D eigenvalue weighted by molar-refractivity contribution is 0.488. The van der Waals surface area contributed by atoms with Crippen LogP contribution in [0.2, 0.25) is 0 Å². The first kappa shape index (κ1) is 21.9. The van der Waals surface area contributed by atoms with Crippen LogP contribution >= 0.6 is 7.51 Å². The molecule has 0 amide bonds. The first-order valence-corrected chi connectivity index (χ1v) is 13.2. The van der Waals surface area contributed by atoms with Crippen LogP contribution in [0, 0.1) is 11.3 Å². The Labute approximate surface area is 209 Å². The molecule has 0 saturated heterocycles. The summed E-state index contributed by atoms with van der Waals surface area (Å²) in [5.74, 6) is 1.35. The number of hydrogen-bond donors (Lipinski definition) is 0. The number of nitrogens with zero attached hydrogens (tertiary/aromatic N) is 2. The van der Waals surface area contributed by atoms with E-state index in [1.807, 2.05) is 97.1 Å². The lowest BCUT2D eigenvalue weighted by atomic mass is 10.0. The minimum Gasteiger partial charge on any atom is -0.427 e. The molecule has 172 valence electrons. The predicted molar refractivity (Wildman–Crippen MR) is 146 cm³/mol. The Balaban J connectivity index is 1.65. The Morgan fingerprint density at radius 2 is 1.25 bits per heavy atom. The molecule has 0 bridgehead atoms. The second-order valence-corrected chi connectivity index (χ2v) is 10.5. The number of fused-ring (bicyclic) bond motifs is 3. The Morgan fingerprint density at radius 1 is 0.639 bits per heavy atom. The van der Waals surface area contributed by atoms with E-state index in [2.05, 4.69) is 36.4 Å². The molecule has 0 spiro atoms. The van der Waals surface area contributed by atoms with Gasteiger partial charge in [0.25, 0.3) is 0 Å². The lowest BCUT2D eigenvalue weighted by Crippen LogP contribution is -2.07. The maximum atomic E-state index is 9.34. The Morgan fingerprint density at radius 3 is 1.89 bits per heavy atom. The van der Waals surface area contributed by atoms with Gasteiger partial charge in [0.1, 0.15) is 11.5 Å². The molecule has 0 aliphatic carbocycles. The largest absolute Gasteiger partial charge is 0.427 e. The van der Waals surface area contributed by atoms with E-state index in [0.29, 0.717) is 17.1 Å². The summed E-state index contributed by atoms with van der Waals surface area (Å²) in [7, 11) is -3.12. The predicted octanol–water partition coefficient (Wildman–Crippen LogP) is 9.04. The molecule has 4 nitrogen and oxygen atoms in total. The van der Waals surface area contributed by atoms with Gasteiger partial charge >= 0.3 is 7.51 Å². The van der Waals surface area contributed by atoms with Crippen molar-refractivity contribution < 1.29 is 9.05 Å². The van der Waals surface area contributed by atoms with Crippen LogP contribution in [0.3, 0.4) is 0 Å². The van der Waals surface area contributed by atoms with Crippen molar-refractivity contribution in [3.63, 3.8) is 0 Å². The zero-order valence-corrected chi connectivity index (χ0v) is 20.2. The van der Waals surface area contributed by atoms with Gasteiger partial charge in [0, 0.05) is 10.9 Å². The van der Waals surface area contributed by atoms with E-state index >= 15 is 0 Å². The quantitative estimate of drug-likeness (QED) is 0.234. The van der Waals surface area contributed by atoms with Crippen LogP contribution in [0.15, 0.2) is 126 Å². The van der Waals surface area contributed by atoms with Gasteiger partial charge in [-0.05, 0) is 53.4 Å². The fourth-order valence-electron chi connectivity index (χ4n) is 4.28. The summed E-state index contributed by atoms with van der Waals surface area (Å²) < 4.78 is 18.9. The van der Waals surface area contributed by atoms with Crippen molar-refractivity contribution >= 4 is 35.4 Å². The molecule has 1 heterocycles. The van der Waals surface area contributed by atoms with Crippen molar-refractivity contribution in [3.8, 4) is 17.6 Å². The summed E-state index contributed by atoms with van der Waals surface area (Å²) in [6.07, 6.45) is 2.12. The average Bonchev–Trinajstić information content (AvgIpc) is 2.94. The number of hydrogen-bond acceptors (Lipinski definition) is 4. The fraction of sp³-hybridized carbons (Fsp3) is 0. The van der Waals surface area contributed by atoms with Crippen LogP contribution in [-0.4, -0.2) is 0 Å². The van der Waals surface area contributed by atoms with Gasteiger partial charge in [-0.25, -0.2) is 0 Å². The van der Waals surface area contributed by atoms with Crippen molar-refractivity contribution in [1.82, 2.24) is 0 Å². The van der Waals surface area contributed by atoms with E-state index < -0.39 is 7.51 Å². The minimum absolute atomic E-state index is 0.593. The molecule has 5 aromatic carbocycles. The third kappa shape index (κ3) is 4.07. The van der Waals surface area contributed by atoms with Gasteiger partial charge in [-0.15, -0.1) is 0 Å². The number of para-hydroxylation sites is 2. The third-order valence-corrected chi connectivity index (χ3v) is 8.39. The van der Waals surface area contributed by atoms with Crippen LogP contribution in [0.1, 0.15) is 16.7 Å². The maximum absolute atomic E-state index is 9.34. The van der Waals surface area contributed by atoms with Crippen LogP contribution in [0.4, 0.5) is 5.69 Å². The van der Waals surface area contributed by atoms with Crippen molar-refractivity contribution in [2.24, 2.45) is 4.74 Å². The first-order valence-electron chi connectivity index (χ1n) is 11.6.